The van der Waals surface area contributed by atoms with Crippen LogP contribution < -0.4 is 10.2 Å². The molecule has 1 N–H and O–H groups in total. The van der Waals surface area contributed by atoms with Gasteiger partial charge in [-0.2, -0.15) is 13.2 Å². The monoisotopic (exact) mass is 290 g/mol. The minimum absolute atomic E-state index is 0.327. The van der Waals surface area contributed by atoms with Gasteiger partial charge in [-0.3, -0.25) is 4.79 Å². The van der Waals surface area contributed by atoms with Crippen molar-refractivity contribution < 1.29 is 27.2 Å². The molecule has 0 saturated carbocycles. The minimum atomic E-state index is -4.91. The normalized spacial score (nSPS) is 18.4. The van der Waals surface area contributed by atoms with E-state index in [1.807, 2.05) is 0 Å². The number of rotatable bonds is 1. The first-order valence-electron chi connectivity index (χ1n) is 5.57. The molecule has 0 aromatic heterocycles. The van der Waals surface area contributed by atoms with Gasteiger partial charge in [0.05, 0.1) is 11.3 Å². The first-order chi connectivity index (χ1) is 9.04. The third kappa shape index (κ3) is 2.21. The molecule has 1 aromatic carbocycles. The summed E-state index contributed by atoms with van der Waals surface area (Å²) in [5.74, 6) is -2.17. The van der Waals surface area contributed by atoms with Crippen molar-refractivity contribution in [1.82, 2.24) is 5.32 Å². The van der Waals surface area contributed by atoms with Gasteiger partial charge in [-0.15, -0.1) is 0 Å². The fourth-order valence-electron chi connectivity index (χ4n) is 1.85. The van der Waals surface area contributed by atoms with Gasteiger partial charge in [-0.25, -0.2) is 14.1 Å². The van der Waals surface area contributed by atoms with E-state index >= 15 is 0 Å². The highest BCUT2D eigenvalue weighted by Crippen LogP contribution is 2.35. The van der Waals surface area contributed by atoms with Crippen LogP contribution in [0.4, 0.5) is 28.0 Å². The highest BCUT2D eigenvalue weighted by Gasteiger charge is 2.46. The van der Waals surface area contributed by atoms with E-state index in [9.17, 15) is 27.2 Å². The number of amides is 3. The number of carbonyl (C=O) groups excluding carboxylic acids is 2. The number of nitrogens with zero attached hydrogens (tertiary/aromatic N) is 1. The van der Waals surface area contributed by atoms with E-state index in [1.165, 1.54) is 13.8 Å². The van der Waals surface area contributed by atoms with Gasteiger partial charge in [-0.05, 0) is 32.0 Å². The Bertz CT molecular complexity index is 596. The van der Waals surface area contributed by atoms with Crippen LogP contribution >= 0.6 is 0 Å². The lowest BCUT2D eigenvalue weighted by Crippen LogP contribution is -2.40. The highest BCUT2D eigenvalue weighted by molar-refractivity contribution is 6.23. The zero-order valence-electron chi connectivity index (χ0n) is 10.5. The molecule has 1 aliphatic heterocycles. The number of imide groups is 1. The van der Waals surface area contributed by atoms with E-state index in [0.717, 1.165) is 6.07 Å². The Hall–Kier alpha value is -2.12. The van der Waals surface area contributed by atoms with Gasteiger partial charge in [0.2, 0.25) is 0 Å². The molecular formula is C12H10F4N2O2. The predicted octanol–water partition coefficient (Wildman–Crippen LogP) is 2.68. The number of carbonyl (C=O) groups is 2. The molecule has 1 fully saturated rings. The molecule has 1 saturated heterocycles. The molecule has 0 spiro atoms. The van der Waals surface area contributed by atoms with Crippen LogP contribution in [0.15, 0.2) is 18.2 Å². The average molecular weight is 290 g/mol. The molecule has 20 heavy (non-hydrogen) atoms. The smallest absolute Gasteiger partial charge is 0.323 e. The van der Waals surface area contributed by atoms with Gasteiger partial charge >= 0.3 is 12.2 Å². The molecule has 2 rings (SSSR count). The summed E-state index contributed by atoms with van der Waals surface area (Å²) in [4.78, 5) is 24.2. The second-order valence-electron chi connectivity index (χ2n) is 4.86. The standard InChI is InChI=1S/C12H10F4N2O2/c1-11(2)9(19)18(10(20)17-11)6-3-4-8(13)7(5-6)12(14,15)16/h3-5H,1-2H3,(H,17,20). The van der Waals surface area contributed by atoms with Crippen LogP contribution in [0.5, 0.6) is 0 Å². The molecule has 1 aromatic rings. The quantitative estimate of drug-likeness (QED) is 0.638. The number of nitrogens with one attached hydrogen (secondary N) is 1. The van der Waals surface area contributed by atoms with E-state index in [4.69, 9.17) is 0 Å². The van der Waals surface area contributed by atoms with Crippen molar-refractivity contribution >= 4 is 17.6 Å². The third-order valence-corrected chi connectivity index (χ3v) is 2.87. The summed E-state index contributed by atoms with van der Waals surface area (Å²) in [6.45, 7) is 2.84. The first-order valence-corrected chi connectivity index (χ1v) is 5.57. The first kappa shape index (κ1) is 14.3. The van der Waals surface area contributed by atoms with Crippen molar-refractivity contribution in [1.29, 1.82) is 0 Å². The van der Waals surface area contributed by atoms with Gasteiger partial charge in [0.15, 0.2) is 0 Å². The topological polar surface area (TPSA) is 49.4 Å². The molecule has 0 unspecified atom stereocenters. The lowest BCUT2D eigenvalue weighted by atomic mass is 10.1. The highest BCUT2D eigenvalue weighted by atomic mass is 19.4. The summed E-state index contributed by atoms with van der Waals surface area (Å²) in [7, 11) is 0. The van der Waals surface area contributed by atoms with Crippen molar-refractivity contribution in [2.24, 2.45) is 0 Å². The Kier molecular flexibility index (Phi) is 2.99. The van der Waals surface area contributed by atoms with Gasteiger partial charge < -0.3 is 5.32 Å². The summed E-state index contributed by atoms with van der Waals surface area (Å²) >= 11 is 0. The van der Waals surface area contributed by atoms with Crippen molar-refractivity contribution in [3.8, 4) is 0 Å². The van der Waals surface area contributed by atoms with E-state index in [1.54, 1.807) is 0 Å². The molecule has 0 bridgehead atoms. The van der Waals surface area contributed by atoms with Crippen molar-refractivity contribution in [2.45, 2.75) is 25.6 Å². The fourth-order valence-corrected chi connectivity index (χ4v) is 1.85. The Morgan fingerprint density at radius 1 is 1.20 bits per heavy atom. The summed E-state index contributed by atoms with van der Waals surface area (Å²) in [6.07, 6.45) is -4.91. The Morgan fingerprint density at radius 2 is 1.80 bits per heavy atom. The molecule has 4 nitrogen and oxygen atoms in total. The van der Waals surface area contributed by atoms with Crippen LogP contribution in [0, 0.1) is 5.82 Å². The maximum atomic E-state index is 13.2. The second-order valence-corrected chi connectivity index (χ2v) is 4.86. The average Bonchev–Trinajstić information content (AvgIpc) is 2.48. The van der Waals surface area contributed by atoms with E-state index in [0.29, 0.717) is 17.0 Å². The molecule has 0 atom stereocenters. The van der Waals surface area contributed by atoms with E-state index in [-0.39, 0.29) is 5.69 Å². The van der Waals surface area contributed by atoms with Gasteiger partial charge in [-0.1, -0.05) is 0 Å². The zero-order chi connectivity index (χ0) is 15.3. The molecule has 0 aliphatic carbocycles. The van der Waals surface area contributed by atoms with Crippen LogP contribution in [0.3, 0.4) is 0 Å². The van der Waals surface area contributed by atoms with E-state index in [2.05, 4.69) is 5.32 Å². The minimum Gasteiger partial charge on any atom is -0.323 e. The van der Waals surface area contributed by atoms with Crippen molar-refractivity contribution in [2.75, 3.05) is 4.90 Å². The lowest BCUT2D eigenvalue weighted by Gasteiger charge is -2.17. The third-order valence-electron chi connectivity index (χ3n) is 2.87. The number of hydrogen-bond donors (Lipinski definition) is 1. The molecule has 0 radical (unpaired) electrons. The molecular weight excluding hydrogens is 280 g/mol. The van der Waals surface area contributed by atoms with E-state index < -0.39 is 35.0 Å². The largest absolute Gasteiger partial charge is 0.419 e. The van der Waals surface area contributed by atoms with Crippen molar-refractivity contribution in [3.63, 3.8) is 0 Å². The number of benzene rings is 1. The zero-order valence-corrected chi connectivity index (χ0v) is 10.5. The summed E-state index contributed by atoms with van der Waals surface area (Å²) < 4.78 is 51.0. The second kappa shape index (κ2) is 4.19. The van der Waals surface area contributed by atoms with Crippen LogP contribution in [-0.2, 0) is 11.0 Å². The number of urea groups is 1. The maximum Gasteiger partial charge on any atom is 0.419 e. The molecule has 1 heterocycles. The lowest BCUT2D eigenvalue weighted by molar-refractivity contribution is -0.140. The summed E-state index contributed by atoms with van der Waals surface area (Å²) in [5, 5.41) is 2.33. The summed E-state index contributed by atoms with van der Waals surface area (Å²) in [5.41, 5.74) is -3.07. The van der Waals surface area contributed by atoms with Gasteiger partial charge in [0.25, 0.3) is 5.91 Å². The van der Waals surface area contributed by atoms with Crippen LogP contribution in [-0.4, -0.2) is 17.5 Å². The Morgan fingerprint density at radius 3 is 2.25 bits per heavy atom. The van der Waals surface area contributed by atoms with Crippen LogP contribution in [0.1, 0.15) is 19.4 Å². The van der Waals surface area contributed by atoms with Gasteiger partial charge in [0, 0.05) is 0 Å². The molecule has 8 heteroatoms. The Balaban J connectivity index is 2.50. The maximum absolute atomic E-state index is 13.2. The number of anilines is 1. The number of alkyl halides is 3. The Labute approximate surface area is 111 Å². The van der Waals surface area contributed by atoms with Crippen LogP contribution in [0.25, 0.3) is 0 Å². The molecule has 108 valence electrons. The molecule has 3 amide bonds. The fraction of sp³-hybridized carbons (Fsp3) is 0.333. The number of halogens is 4. The summed E-state index contributed by atoms with van der Waals surface area (Å²) in [6, 6.07) is 1.11. The van der Waals surface area contributed by atoms with Gasteiger partial charge in [0.1, 0.15) is 11.4 Å². The molecule has 1 aliphatic rings. The van der Waals surface area contributed by atoms with Crippen molar-refractivity contribution in [3.05, 3.63) is 29.6 Å². The number of hydrogen-bond acceptors (Lipinski definition) is 2. The predicted molar refractivity (Wildman–Crippen MR) is 61.5 cm³/mol. The van der Waals surface area contributed by atoms with Crippen LogP contribution in [0.2, 0.25) is 0 Å². The SMILES string of the molecule is CC1(C)NC(=O)N(c2ccc(F)c(C(F)(F)F)c2)C1=O.